The molecule has 1 atom stereocenters. The van der Waals surface area contributed by atoms with E-state index < -0.39 is 5.82 Å². The molecule has 1 saturated carbocycles. The summed E-state index contributed by atoms with van der Waals surface area (Å²) in [6, 6.07) is 3.06. The summed E-state index contributed by atoms with van der Waals surface area (Å²) >= 11 is 12.1. The largest absolute Gasteiger partial charge is 0.327 e. The predicted octanol–water partition coefficient (Wildman–Crippen LogP) is 5.71. The molecule has 1 aromatic carbocycles. The molecular formula is C16H19Cl2FN2. The van der Waals surface area contributed by atoms with Crippen LogP contribution in [0, 0.1) is 11.7 Å². The van der Waals surface area contributed by atoms with Gasteiger partial charge in [-0.1, -0.05) is 37.3 Å². The molecule has 0 saturated heterocycles. The highest BCUT2D eigenvalue weighted by molar-refractivity contribution is 6.31. The van der Waals surface area contributed by atoms with Crippen molar-refractivity contribution in [2.45, 2.75) is 50.9 Å². The van der Waals surface area contributed by atoms with Gasteiger partial charge >= 0.3 is 0 Å². The topological polar surface area (TPSA) is 17.8 Å². The van der Waals surface area contributed by atoms with Crippen molar-refractivity contribution in [1.29, 1.82) is 0 Å². The molecule has 1 aromatic heterocycles. The van der Waals surface area contributed by atoms with Crippen LogP contribution in [0.15, 0.2) is 12.1 Å². The van der Waals surface area contributed by atoms with Crippen LogP contribution >= 0.6 is 23.2 Å². The summed E-state index contributed by atoms with van der Waals surface area (Å²) in [4.78, 5) is 4.54. The normalized spacial score (nSPS) is 17.7. The monoisotopic (exact) mass is 328 g/mol. The lowest BCUT2D eigenvalue weighted by molar-refractivity contribution is 0.456. The second-order valence-electron chi connectivity index (χ2n) is 5.93. The molecule has 2 nitrogen and oxygen atoms in total. The molecule has 3 rings (SSSR count). The van der Waals surface area contributed by atoms with E-state index in [9.17, 15) is 4.39 Å². The van der Waals surface area contributed by atoms with Crippen molar-refractivity contribution in [1.82, 2.24) is 9.55 Å². The van der Waals surface area contributed by atoms with Gasteiger partial charge in [-0.15, -0.1) is 11.6 Å². The summed E-state index contributed by atoms with van der Waals surface area (Å²) in [5.74, 6) is 1.17. The molecule has 5 heteroatoms. The van der Waals surface area contributed by atoms with Crippen molar-refractivity contribution in [3.63, 3.8) is 0 Å². The SMILES string of the molecule is CC(Cl)c1nc2cc(Cl)c(F)cc2n1CCC1CCCC1. The third kappa shape index (κ3) is 3.04. The Morgan fingerprint density at radius 1 is 1.38 bits per heavy atom. The molecule has 0 amide bonds. The van der Waals surface area contributed by atoms with Crippen LogP contribution in [0.5, 0.6) is 0 Å². The number of hydrogen-bond donors (Lipinski definition) is 0. The molecule has 0 spiro atoms. The molecule has 0 bridgehead atoms. The van der Waals surface area contributed by atoms with Crippen molar-refractivity contribution < 1.29 is 4.39 Å². The minimum atomic E-state index is -0.403. The van der Waals surface area contributed by atoms with Crippen LogP contribution in [0.25, 0.3) is 11.0 Å². The number of hydrogen-bond acceptors (Lipinski definition) is 1. The van der Waals surface area contributed by atoms with Gasteiger partial charge in [0, 0.05) is 12.6 Å². The molecule has 2 aromatic rings. The number of rotatable bonds is 4. The number of fused-ring (bicyclic) bond motifs is 1. The summed E-state index contributed by atoms with van der Waals surface area (Å²) in [5, 5.41) is -0.0977. The minimum Gasteiger partial charge on any atom is -0.327 e. The van der Waals surface area contributed by atoms with Gasteiger partial charge in [0.15, 0.2) is 0 Å². The van der Waals surface area contributed by atoms with Crippen LogP contribution in [-0.4, -0.2) is 9.55 Å². The van der Waals surface area contributed by atoms with Crippen LogP contribution in [0.2, 0.25) is 5.02 Å². The Labute approximate surface area is 134 Å². The fourth-order valence-electron chi connectivity index (χ4n) is 3.29. The van der Waals surface area contributed by atoms with E-state index in [0.29, 0.717) is 0 Å². The highest BCUT2D eigenvalue weighted by Crippen LogP contribution is 2.31. The van der Waals surface area contributed by atoms with Crippen molar-refractivity contribution in [3.05, 3.63) is 28.8 Å². The highest BCUT2D eigenvalue weighted by atomic mass is 35.5. The van der Waals surface area contributed by atoms with Gasteiger partial charge in [0.1, 0.15) is 11.6 Å². The summed E-state index contributed by atoms with van der Waals surface area (Å²) in [6.07, 6.45) is 6.38. The van der Waals surface area contributed by atoms with E-state index in [2.05, 4.69) is 9.55 Å². The molecule has 0 N–H and O–H groups in total. The third-order valence-electron chi connectivity index (χ3n) is 4.41. The fourth-order valence-corrected chi connectivity index (χ4v) is 3.61. The van der Waals surface area contributed by atoms with Crippen LogP contribution < -0.4 is 0 Å². The maximum atomic E-state index is 13.8. The first-order valence-corrected chi connectivity index (χ1v) is 8.37. The van der Waals surface area contributed by atoms with Crippen molar-refractivity contribution in [2.75, 3.05) is 0 Å². The molecule has 114 valence electrons. The van der Waals surface area contributed by atoms with E-state index in [1.54, 1.807) is 6.07 Å². The molecule has 1 aliphatic carbocycles. The van der Waals surface area contributed by atoms with Gasteiger partial charge in [-0.3, -0.25) is 0 Å². The lowest BCUT2D eigenvalue weighted by Gasteiger charge is -2.14. The number of aryl methyl sites for hydroxylation is 1. The first kappa shape index (κ1) is 15.1. The lowest BCUT2D eigenvalue weighted by atomic mass is 10.0. The average molecular weight is 329 g/mol. The molecular weight excluding hydrogens is 310 g/mol. The summed E-state index contributed by atoms with van der Waals surface area (Å²) in [7, 11) is 0. The van der Waals surface area contributed by atoms with Crippen LogP contribution in [0.1, 0.15) is 50.2 Å². The van der Waals surface area contributed by atoms with E-state index in [4.69, 9.17) is 23.2 Å². The van der Waals surface area contributed by atoms with Gasteiger partial charge in [-0.25, -0.2) is 9.37 Å². The van der Waals surface area contributed by atoms with Crippen LogP contribution in [0.4, 0.5) is 4.39 Å². The first-order valence-electron chi connectivity index (χ1n) is 7.55. The van der Waals surface area contributed by atoms with E-state index in [-0.39, 0.29) is 10.4 Å². The van der Waals surface area contributed by atoms with Crippen molar-refractivity contribution in [3.8, 4) is 0 Å². The zero-order chi connectivity index (χ0) is 15.0. The average Bonchev–Trinajstić information content (AvgIpc) is 3.05. The maximum absolute atomic E-state index is 13.8. The van der Waals surface area contributed by atoms with Crippen molar-refractivity contribution in [2.24, 2.45) is 5.92 Å². The van der Waals surface area contributed by atoms with Crippen LogP contribution in [0.3, 0.4) is 0 Å². The molecule has 1 heterocycles. The maximum Gasteiger partial charge on any atom is 0.144 e. The fraction of sp³-hybridized carbons (Fsp3) is 0.562. The van der Waals surface area contributed by atoms with E-state index in [1.807, 2.05) is 6.92 Å². The predicted molar refractivity (Wildman–Crippen MR) is 85.5 cm³/mol. The summed E-state index contributed by atoms with van der Waals surface area (Å²) in [6.45, 7) is 2.74. The van der Waals surface area contributed by atoms with Crippen molar-refractivity contribution >= 4 is 34.2 Å². The second kappa shape index (κ2) is 6.13. The Bertz CT molecular complexity index is 645. The molecule has 1 aliphatic rings. The number of alkyl halides is 1. The minimum absolute atomic E-state index is 0.108. The highest BCUT2D eigenvalue weighted by Gasteiger charge is 2.19. The standard InChI is InChI=1S/C16H19Cl2FN2/c1-10(17)16-20-14-8-12(18)13(19)9-15(14)21(16)7-6-11-4-2-3-5-11/h8-11H,2-7H2,1H3. The quantitative estimate of drug-likeness (QED) is 0.657. The van der Waals surface area contributed by atoms with Gasteiger partial charge in [-0.2, -0.15) is 0 Å². The number of benzene rings is 1. The smallest absolute Gasteiger partial charge is 0.144 e. The molecule has 1 fully saturated rings. The first-order chi connectivity index (χ1) is 10.1. The number of imidazole rings is 1. The van der Waals surface area contributed by atoms with E-state index in [1.165, 1.54) is 31.7 Å². The summed E-state index contributed by atoms with van der Waals surface area (Å²) < 4.78 is 15.8. The Balaban J connectivity index is 1.96. The number of nitrogens with zero attached hydrogens (tertiary/aromatic N) is 2. The number of aromatic nitrogens is 2. The Hall–Kier alpha value is -0.800. The Morgan fingerprint density at radius 3 is 2.76 bits per heavy atom. The molecule has 0 aliphatic heterocycles. The van der Waals surface area contributed by atoms with Gasteiger partial charge in [-0.05, 0) is 25.3 Å². The summed E-state index contributed by atoms with van der Waals surface area (Å²) in [5.41, 5.74) is 1.51. The second-order valence-corrected chi connectivity index (χ2v) is 6.99. The van der Waals surface area contributed by atoms with E-state index in [0.717, 1.165) is 35.7 Å². The zero-order valence-electron chi connectivity index (χ0n) is 12.1. The van der Waals surface area contributed by atoms with Gasteiger partial charge in [0.05, 0.1) is 21.4 Å². The van der Waals surface area contributed by atoms with Gasteiger partial charge in [0.2, 0.25) is 0 Å². The van der Waals surface area contributed by atoms with Gasteiger partial charge in [0.25, 0.3) is 0 Å². The Morgan fingerprint density at radius 2 is 2.10 bits per heavy atom. The molecule has 1 unspecified atom stereocenters. The Kier molecular flexibility index (Phi) is 4.41. The zero-order valence-corrected chi connectivity index (χ0v) is 13.6. The lowest BCUT2D eigenvalue weighted by Crippen LogP contribution is -2.08. The van der Waals surface area contributed by atoms with Gasteiger partial charge < -0.3 is 4.57 Å². The van der Waals surface area contributed by atoms with E-state index >= 15 is 0 Å². The molecule has 21 heavy (non-hydrogen) atoms. The van der Waals surface area contributed by atoms with Crippen LogP contribution in [-0.2, 0) is 6.54 Å². The molecule has 0 radical (unpaired) electrons. The third-order valence-corrected chi connectivity index (χ3v) is 4.90. The number of halogens is 3.